The summed E-state index contributed by atoms with van der Waals surface area (Å²) in [5, 5.41) is 8.97. The first-order valence-electron chi connectivity index (χ1n) is 6.19. The van der Waals surface area contributed by atoms with Crippen LogP contribution in [0.2, 0.25) is 0 Å². The molecule has 0 fully saturated rings. The van der Waals surface area contributed by atoms with Gasteiger partial charge >= 0.3 is 0 Å². The molecule has 0 spiro atoms. The van der Waals surface area contributed by atoms with Crippen LogP contribution < -0.4 is 0 Å². The molecule has 88 valence electrons. The van der Waals surface area contributed by atoms with Gasteiger partial charge in [-0.05, 0) is 26.2 Å². The van der Waals surface area contributed by atoms with E-state index in [1.165, 1.54) is 12.8 Å². The van der Waals surface area contributed by atoms with Crippen molar-refractivity contribution >= 4 is 0 Å². The maximum absolute atomic E-state index is 8.97. The monoisotopic (exact) mass is 219 g/mol. The van der Waals surface area contributed by atoms with Crippen LogP contribution in [-0.2, 0) is 12.8 Å². The van der Waals surface area contributed by atoms with E-state index in [4.69, 9.17) is 5.26 Å². The van der Waals surface area contributed by atoms with Crippen LogP contribution in [0.5, 0.6) is 0 Å². The molecule has 0 saturated heterocycles. The van der Waals surface area contributed by atoms with Crippen molar-refractivity contribution < 1.29 is 0 Å². The first-order valence-corrected chi connectivity index (χ1v) is 6.19. The van der Waals surface area contributed by atoms with Gasteiger partial charge in [0.2, 0.25) is 0 Å². The molecule has 0 saturated carbocycles. The zero-order chi connectivity index (χ0) is 12.0. The van der Waals surface area contributed by atoms with Crippen molar-refractivity contribution in [2.45, 2.75) is 58.9 Å². The lowest BCUT2D eigenvalue weighted by molar-refractivity contribution is 0.622. The molecule has 3 heteroatoms. The van der Waals surface area contributed by atoms with Crippen LogP contribution in [-0.4, -0.2) is 9.55 Å². The first-order chi connectivity index (χ1) is 7.72. The number of hydrogen-bond acceptors (Lipinski definition) is 2. The predicted molar refractivity (Wildman–Crippen MR) is 65.2 cm³/mol. The standard InChI is InChI=1S/C13H21N3/c1-4-6-8-12-10-16(11(3)9-14)13(15-12)7-5-2/h10-11H,4-8H2,1-3H3. The molecule has 1 atom stereocenters. The zero-order valence-electron chi connectivity index (χ0n) is 10.5. The molecule has 1 heterocycles. The van der Waals surface area contributed by atoms with Crippen LogP contribution in [0.1, 0.15) is 57.6 Å². The number of aromatic nitrogens is 2. The molecule has 1 rings (SSSR count). The SMILES string of the molecule is CCCCc1cn(C(C)C#N)c(CCC)n1. The van der Waals surface area contributed by atoms with Crippen molar-refractivity contribution in [3.8, 4) is 6.07 Å². The van der Waals surface area contributed by atoms with Gasteiger partial charge in [0.25, 0.3) is 0 Å². The van der Waals surface area contributed by atoms with Gasteiger partial charge in [-0.2, -0.15) is 5.26 Å². The molecule has 1 aromatic rings. The Kier molecular flexibility index (Phi) is 5.04. The van der Waals surface area contributed by atoms with Crippen LogP contribution >= 0.6 is 0 Å². The van der Waals surface area contributed by atoms with Crippen LogP contribution in [0, 0.1) is 11.3 Å². The quantitative estimate of drug-likeness (QED) is 0.737. The molecule has 0 aliphatic carbocycles. The minimum Gasteiger partial charge on any atom is -0.318 e. The van der Waals surface area contributed by atoms with Gasteiger partial charge in [-0.15, -0.1) is 0 Å². The fourth-order valence-corrected chi connectivity index (χ4v) is 1.77. The number of rotatable bonds is 6. The van der Waals surface area contributed by atoms with Gasteiger partial charge in [0.1, 0.15) is 11.9 Å². The van der Waals surface area contributed by atoms with E-state index in [-0.39, 0.29) is 6.04 Å². The lowest BCUT2D eigenvalue weighted by Crippen LogP contribution is -2.06. The number of hydrogen-bond donors (Lipinski definition) is 0. The molecule has 0 aromatic carbocycles. The molecular formula is C13H21N3. The van der Waals surface area contributed by atoms with Crippen LogP contribution in [0.4, 0.5) is 0 Å². The molecule has 0 aliphatic rings. The Morgan fingerprint density at radius 3 is 2.69 bits per heavy atom. The Bertz CT molecular complexity index is 360. The second-order valence-electron chi connectivity index (χ2n) is 4.21. The van der Waals surface area contributed by atoms with E-state index in [0.717, 1.165) is 30.8 Å². The van der Waals surface area contributed by atoms with Crippen LogP contribution in [0.3, 0.4) is 0 Å². The highest BCUT2D eigenvalue weighted by atomic mass is 15.1. The van der Waals surface area contributed by atoms with Crippen LogP contribution in [0.15, 0.2) is 6.20 Å². The highest BCUT2D eigenvalue weighted by Gasteiger charge is 2.11. The molecule has 0 aliphatic heterocycles. The summed E-state index contributed by atoms with van der Waals surface area (Å²) in [7, 11) is 0. The van der Waals surface area contributed by atoms with Crippen LogP contribution in [0.25, 0.3) is 0 Å². The Morgan fingerprint density at radius 2 is 2.12 bits per heavy atom. The van der Waals surface area contributed by atoms with Gasteiger partial charge in [0.15, 0.2) is 0 Å². The Labute approximate surface area is 98.1 Å². The van der Waals surface area contributed by atoms with Crippen molar-refractivity contribution in [2.24, 2.45) is 0 Å². The highest BCUT2D eigenvalue weighted by Crippen LogP contribution is 2.14. The maximum atomic E-state index is 8.97. The van der Waals surface area contributed by atoms with Gasteiger partial charge in [-0.25, -0.2) is 4.98 Å². The van der Waals surface area contributed by atoms with E-state index in [9.17, 15) is 0 Å². The summed E-state index contributed by atoms with van der Waals surface area (Å²) >= 11 is 0. The maximum Gasteiger partial charge on any atom is 0.119 e. The smallest absolute Gasteiger partial charge is 0.119 e. The van der Waals surface area contributed by atoms with E-state index in [0.29, 0.717) is 0 Å². The van der Waals surface area contributed by atoms with Crippen molar-refractivity contribution in [1.82, 2.24) is 9.55 Å². The number of nitrogens with zero attached hydrogens (tertiary/aromatic N) is 3. The van der Waals surface area contributed by atoms with Gasteiger partial charge in [0, 0.05) is 12.6 Å². The minimum atomic E-state index is -0.107. The Morgan fingerprint density at radius 1 is 1.38 bits per heavy atom. The number of nitriles is 1. The molecule has 16 heavy (non-hydrogen) atoms. The number of unbranched alkanes of at least 4 members (excludes halogenated alkanes) is 1. The number of imidazole rings is 1. The summed E-state index contributed by atoms with van der Waals surface area (Å²) in [6.07, 6.45) is 7.46. The molecule has 0 bridgehead atoms. The normalized spacial score (nSPS) is 12.4. The van der Waals surface area contributed by atoms with Crippen molar-refractivity contribution in [3.05, 3.63) is 17.7 Å². The fourth-order valence-electron chi connectivity index (χ4n) is 1.77. The summed E-state index contributed by atoms with van der Waals surface area (Å²) < 4.78 is 2.02. The molecular weight excluding hydrogens is 198 g/mol. The van der Waals surface area contributed by atoms with E-state index < -0.39 is 0 Å². The van der Waals surface area contributed by atoms with Crippen molar-refractivity contribution in [1.29, 1.82) is 5.26 Å². The van der Waals surface area contributed by atoms with E-state index >= 15 is 0 Å². The summed E-state index contributed by atoms with van der Waals surface area (Å²) in [5.74, 6) is 1.06. The molecule has 0 N–H and O–H groups in total. The van der Waals surface area contributed by atoms with Gasteiger partial charge < -0.3 is 4.57 Å². The third-order valence-corrected chi connectivity index (χ3v) is 2.72. The van der Waals surface area contributed by atoms with E-state index in [2.05, 4.69) is 31.1 Å². The van der Waals surface area contributed by atoms with E-state index in [1.807, 2.05) is 11.5 Å². The Balaban J connectivity index is 2.87. The summed E-state index contributed by atoms with van der Waals surface area (Å²) in [5.41, 5.74) is 1.13. The largest absolute Gasteiger partial charge is 0.318 e. The second kappa shape index (κ2) is 6.32. The predicted octanol–water partition coefficient (Wildman–Crippen LogP) is 3.26. The number of aryl methyl sites for hydroxylation is 2. The molecule has 1 unspecified atom stereocenters. The third kappa shape index (κ3) is 3.10. The topological polar surface area (TPSA) is 41.6 Å². The van der Waals surface area contributed by atoms with E-state index in [1.54, 1.807) is 0 Å². The summed E-state index contributed by atoms with van der Waals surface area (Å²) in [6, 6.07) is 2.17. The highest BCUT2D eigenvalue weighted by molar-refractivity contribution is 5.08. The van der Waals surface area contributed by atoms with Crippen molar-refractivity contribution in [3.63, 3.8) is 0 Å². The molecule has 0 radical (unpaired) electrons. The lowest BCUT2D eigenvalue weighted by Gasteiger charge is -2.07. The molecule has 3 nitrogen and oxygen atoms in total. The average Bonchev–Trinajstić information content (AvgIpc) is 2.69. The molecule has 0 amide bonds. The lowest BCUT2D eigenvalue weighted by atomic mass is 10.2. The summed E-state index contributed by atoms with van der Waals surface area (Å²) in [6.45, 7) is 6.24. The third-order valence-electron chi connectivity index (χ3n) is 2.72. The average molecular weight is 219 g/mol. The first kappa shape index (κ1) is 12.8. The van der Waals surface area contributed by atoms with Gasteiger partial charge in [-0.1, -0.05) is 20.3 Å². The van der Waals surface area contributed by atoms with Gasteiger partial charge in [-0.3, -0.25) is 0 Å². The summed E-state index contributed by atoms with van der Waals surface area (Å²) in [4.78, 5) is 4.62. The van der Waals surface area contributed by atoms with Gasteiger partial charge in [0.05, 0.1) is 11.8 Å². The fraction of sp³-hybridized carbons (Fsp3) is 0.692. The minimum absolute atomic E-state index is 0.107. The second-order valence-corrected chi connectivity index (χ2v) is 4.21. The zero-order valence-corrected chi connectivity index (χ0v) is 10.5. The van der Waals surface area contributed by atoms with Crippen molar-refractivity contribution in [2.75, 3.05) is 0 Å². The molecule has 1 aromatic heterocycles. The Hall–Kier alpha value is -1.30.